The van der Waals surface area contributed by atoms with Crippen LogP contribution in [0.5, 0.6) is 0 Å². The van der Waals surface area contributed by atoms with E-state index in [1.807, 2.05) is 23.6 Å². The lowest BCUT2D eigenvalue weighted by Gasteiger charge is -2.11. The van der Waals surface area contributed by atoms with Crippen molar-refractivity contribution in [1.29, 1.82) is 0 Å². The van der Waals surface area contributed by atoms with E-state index in [-0.39, 0.29) is 17.6 Å². The van der Waals surface area contributed by atoms with E-state index in [1.54, 1.807) is 26.1 Å². The third kappa shape index (κ3) is 2.82. The highest BCUT2D eigenvalue weighted by molar-refractivity contribution is 5.94. The van der Waals surface area contributed by atoms with Gasteiger partial charge in [0.15, 0.2) is 0 Å². The molecule has 0 aliphatic carbocycles. The zero-order valence-corrected chi connectivity index (χ0v) is 12.4. The van der Waals surface area contributed by atoms with Gasteiger partial charge in [-0.25, -0.2) is 4.79 Å². The fraction of sp³-hybridized carbons (Fsp3) is 0.294. The number of carbonyl (C=O) groups is 1. The first-order chi connectivity index (χ1) is 10.1. The number of fused-ring (bicyclic) bond motifs is 1. The van der Waals surface area contributed by atoms with Gasteiger partial charge in [0, 0.05) is 23.7 Å². The van der Waals surface area contributed by atoms with E-state index in [2.05, 4.69) is 11.8 Å². The summed E-state index contributed by atoms with van der Waals surface area (Å²) in [5.74, 6) is 5.14. The van der Waals surface area contributed by atoms with Gasteiger partial charge in [0.25, 0.3) is 0 Å². The summed E-state index contributed by atoms with van der Waals surface area (Å²) in [6.07, 6.45) is 1.56. The average molecular weight is 283 g/mol. The van der Waals surface area contributed by atoms with Gasteiger partial charge in [-0.3, -0.25) is 4.79 Å². The molecule has 2 rings (SSSR count). The molecule has 0 bridgehead atoms. The van der Waals surface area contributed by atoms with Crippen LogP contribution in [0.4, 0.5) is 0 Å². The van der Waals surface area contributed by atoms with Gasteiger partial charge in [-0.1, -0.05) is 5.92 Å². The number of aryl methyl sites for hydroxylation is 1. The summed E-state index contributed by atoms with van der Waals surface area (Å²) >= 11 is 0. The Morgan fingerprint density at radius 2 is 2.10 bits per heavy atom. The Labute approximate surface area is 123 Å². The van der Waals surface area contributed by atoms with E-state index >= 15 is 0 Å². The second-order valence-electron chi connectivity index (χ2n) is 4.49. The number of hydrogen-bond acceptors (Lipinski definition) is 3. The van der Waals surface area contributed by atoms with Gasteiger partial charge in [-0.15, -0.1) is 5.92 Å². The van der Waals surface area contributed by atoms with Crippen LogP contribution in [0.25, 0.3) is 10.9 Å². The molecule has 0 spiro atoms. The molecule has 2 aromatic rings. The summed E-state index contributed by atoms with van der Waals surface area (Å²) in [6.45, 7) is 6.31. The number of ether oxygens (including phenoxy) is 1. The topological polar surface area (TPSA) is 48.3 Å². The minimum Gasteiger partial charge on any atom is -0.462 e. The lowest BCUT2D eigenvalue weighted by atomic mass is 10.1. The van der Waals surface area contributed by atoms with E-state index < -0.39 is 5.97 Å². The van der Waals surface area contributed by atoms with E-state index in [0.717, 1.165) is 11.1 Å². The highest BCUT2D eigenvalue weighted by Gasteiger charge is 2.16. The van der Waals surface area contributed by atoms with E-state index in [0.29, 0.717) is 11.9 Å². The van der Waals surface area contributed by atoms with Gasteiger partial charge in [0.1, 0.15) is 5.56 Å². The van der Waals surface area contributed by atoms with E-state index in [1.165, 1.54) is 0 Å². The zero-order chi connectivity index (χ0) is 15.4. The molecule has 1 heterocycles. The second kappa shape index (κ2) is 6.27. The fourth-order valence-electron chi connectivity index (χ4n) is 2.24. The largest absolute Gasteiger partial charge is 0.462 e. The number of carbonyl (C=O) groups excluding carboxylic acids is 1. The molecule has 1 aromatic heterocycles. The lowest BCUT2D eigenvalue weighted by Crippen LogP contribution is -2.20. The van der Waals surface area contributed by atoms with Crippen LogP contribution in [0.15, 0.2) is 29.2 Å². The lowest BCUT2D eigenvalue weighted by molar-refractivity contribution is 0.0524. The summed E-state index contributed by atoms with van der Waals surface area (Å²) in [5.41, 5.74) is 1.30. The number of nitrogens with zero attached hydrogens (tertiary/aromatic N) is 1. The van der Waals surface area contributed by atoms with Crippen LogP contribution in [-0.4, -0.2) is 17.1 Å². The average Bonchev–Trinajstić information content (AvgIpc) is 2.48. The van der Waals surface area contributed by atoms with Crippen LogP contribution in [0.3, 0.4) is 0 Å². The maximum atomic E-state index is 12.5. The first-order valence-corrected chi connectivity index (χ1v) is 6.89. The number of benzene rings is 1. The van der Waals surface area contributed by atoms with Gasteiger partial charge in [0.05, 0.1) is 12.1 Å². The van der Waals surface area contributed by atoms with Gasteiger partial charge in [-0.05, 0) is 39.0 Å². The molecule has 1 aromatic carbocycles. The predicted molar refractivity (Wildman–Crippen MR) is 82.4 cm³/mol. The molecule has 0 N–H and O–H groups in total. The Hall–Kier alpha value is -2.54. The quantitative estimate of drug-likeness (QED) is 0.642. The first-order valence-electron chi connectivity index (χ1n) is 6.89. The maximum Gasteiger partial charge on any atom is 0.343 e. The summed E-state index contributed by atoms with van der Waals surface area (Å²) in [7, 11) is 0. The van der Waals surface area contributed by atoms with Crippen molar-refractivity contribution in [2.24, 2.45) is 0 Å². The van der Waals surface area contributed by atoms with Gasteiger partial charge < -0.3 is 9.30 Å². The van der Waals surface area contributed by atoms with Crippen molar-refractivity contribution in [1.82, 2.24) is 4.57 Å². The van der Waals surface area contributed by atoms with Gasteiger partial charge >= 0.3 is 5.97 Å². The predicted octanol–water partition coefficient (Wildman–Crippen LogP) is 2.57. The molecular formula is C17H17NO3. The number of esters is 1. The molecule has 4 heteroatoms. The van der Waals surface area contributed by atoms with Crippen LogP contribution in [0, 0.1) is 11.8 Å². The first kappa shape index (κ1) is 14.9. The summed E-state index contributed by atoms with van der Waals surface area (Å²) < 4.78 is 6.82. The molecule has 0 saturated carbocycles. The third-order valence-electron chi connectivity index (χ3n) is 3.19. The Kier molecular flexibility index (Phi) is 4.44. The van der Waals surface area contributed by atoms with Crippen molar-refractivity contribution in [3.05, 3.63) is 45.7 Å². The van der Waals surface area contributed by atoms with E-state index in [9.17, 15) is 9.59 Å². The monoisotopic (exact) mass is 283 g/mol. The van der Waals surface area contributed by atoms with Crippen molar-refractivity contribution < 1.29 is 9.53 Å². The van der Waals surface area contributed by atoms with Gasteiger partial charge in [0.2, 0.25) is 5.43 Å². The summed E-state index contributed by atoms with van der Waals surface area (Å²) in [4.78, 5) is 24.4. The molecule has 0 aliphatic heterocycles. The summed E-state index contributed by atoms with van der Waals surface area (Å²) in [5, 5.41) is 0.489. The molecule has 0 fully saturated rings. The van der Waals surface area contributed by atoms with Crippen molar-refractivity contribution >= 4 is 16.9 Å². The highest BCUT2D eigenvalue weighted by atomic mass is 16.5. The van der Waals surface area contributed by atoms with Crippen LogP contribution in [-0.2, 0) is 11.3 Å². The minimum atomic E-state index is -0.585. The Morgan fingerprint density at radius 1 is 1.33 bits per heavy atom. The normalized spacial score (nSPS) is 10.0. The van der Waals surface area contributed by atoms with Crippen molar-refractivity contribution in [3.8, 4) is 11.8 Å². The van der Waals surface area contributed by atoms with Crippen LogP contribution < -0.4 is 5.43 Å². The Bertz CT molecular complexity index is 806. The van der Waals surface area contributed by atoms with Crippen molar-refractivity contribution in [2.75, 3.05) is 6.61 Å². The molecule has 4 nitrogen and oxygen atoms in total. The SMILES string of the molecule is CC#Cc1ccc2c(c1)c(=O)c(C(=O)OCC)cn2CC. The number of pyridine rings is 1. The van der Waals surface area contributed by atoms with E-state index in [4.69, 9.17) is 4.74 Å². The molecule has 0 amide bonds. The number of hydrogen-bond donors (Lipinski definition) is 0. The standard InChI is InChI=1S/C17H17NO3/c1-4-7-12-8-9-15-13(10-12)16(19)14(11-18(15)5-2)17(20)21-6-3/h8-11H,5-6H2,1-3H3. The molecule has 108 valence electrons. The second-order valence-corrected chi connectivity index (χ2v) is 4.49. The number of aromatic nitrogens is 1. The third-order valence-corrected chi connectivity index (χ3v) is 3.19. The minimum absolute atomic E-state index is 0.0628. The van der Waals surface area contributed by atoms with Crippen molar-refractivity contribution in [2.45, 2.75) is 27.3 Å². The molecule has 0 saturated heterocycles. The Morgan fingerprint density at radius 3 is 2.71 bits per heavy atom. The van der Waals surface area contributed by atoms with Crippen LogP contribution in [0.1, 0.15) is 36.7 Å². The molecule has 0 unspecified atom stereocenters. The Balaban J connectivity index is 2.77. The summed E-state index contributed by atoms with van der Waals surface area (Å²) in [6, 6.07) is 5.45. The highest BCUT2D eigenvalue weighted by Crippen LogP contribution is 2.14. The van der Waals surface area contributed by atoms with Gasteiger partial charge in [-0.2, -0.15) is 0 Å². The molecule has 0 radical (unpaired) electrons. The van der Waals surface area contributed by atoms with Crippen LogP contribution >= 0.6 is 0 Å². The number of rotatable bonds is 3. The molecule has 21 heavy (non-hydrogen) atoms. The molecule has 0 aliphatic rings. The smallest absolute Gasteiger partial charge is 0.343 e. The maximum absolute atomic E-state index is 12.5. The van der Waals surface area contributed by atoms with Crippen LogP contribution in [0.2, 0.25) is 0 Å². The molecular weight excluding hydrogens is 266 g/mol. The zero-order valence-electron chi connectivity index (χ0n) is 12.4. The fourth-order valence-corrected chi connectivity index (χ4v) is 2.24. The molecule has 0 atom stereocenters. The van der Waals surface area contributed by atoms with Crippen molar-refractivity contribution in [3.63, 3.8) is 0 Å².